The number of nitrogens with zero attached hydrogens (tertiary/aromatic N) is 1. The van der Waals surface area contributed by atoms with E-state index in [0.717, 1.165) is 16.8 Å². The van der Waals surface area contributed by atoms with Crippen LogP contribution in [0.25, 0.3) is 0 Å². The Morgan fingerprint density at radius 1 is 1.29 bits per heavy atom. The SMILES string of the molecule is Cc1ccc(C)c(NC(=O)c2cncc(C#CCO)c2)c1. The van der Waals surface area contributed by atoms with Crippen molar-refractivity contribution in [2.75, 3.05) is 11.9 Å². The van der Waals surface area contributed by atoms with Gasteiger partial charge in [0, 0.05) is 23.6 Å². The van der Waals surface area contributed by atoms with Crippen LogP contribution in [-0.4, -0.2) is 22.6 Å². The van der Waals surface area contributed by atoms with E-state index < -0.39 is 0 Å². The Kier molecular flexibility index (Phi) is 4.70. The maximum absolute atomic E-state index is 12.3. The molecule has 0 aliphatic rings. The molecule has 1 amide bonds. The predicted molar refractivity (Wildman–Crippen MR) is 82.1 cm³/mol. The summed E-state index contributed by atoms with van der Waals surface area (Å²) in [4.78, 5) is 16.3. The number of aromatic nitrogens is 1. The van der Waals surface area contributed by atoms with Crippen molar-refractivity contribution in [3.63, 3.8) is 0 Å². The van der Waals surface area contributed by atoms with E-state index >= 15 is 0 Å². The molecular formula is C17H16N2O2. The zero-order chi connectivity index (χ0) is 15.2. The Morgan fingerprint density at radius 3 is 2.86 bits per heavy atom. The fraction of sp³-hybridized carbons (Fsp3) is 0.176. The molecule has 0 atom stereocenters. The van der Waals surface area contributed by atoms with Gasteiger partial charge in [-0.1, -0.05) is 24.0 Å². The van der Waals surface area contributed by atoms with Gasteiger partial charge >= 0.3 is 0 Å². The highest BCUT2D eigenvalue weighted by Gasteiger charge is 2.08. The van der Waals surface area contributed by atoms with Gasteiger partial charge in [0.15, 0.2) is 0 Å². The minimum atomic E-state index is -0.233. The lowest BCUT2D eigenvalue weighted by atomic mass is 10.1. The van der Waals surface area contributed by atoms with Crippen LogP contribution in [0.2, 0.25) is 0 Å². The van der Waals surface area contributed by atoms with Gasteiger partial charge in [-0.3, -0.25) is 9.78 Å². The molecule has 4 heteroatoms. The maximum atomic E-state index is 12.3. The number of hydrogen-bond donors (Lipinski definition) is 2. The number of hydrogen-bond acceptors (Lipinski definition) is 3. The van der Waals surface area contributed by atoms with Crippen LogP contribution < -0.4 is 5.32 Å². The van der Waals surface area contributed by atoms with Crippen LogP contribution in [-0.2, 0) is 0 Å². The van der Waals surface area contributed by atoms with E-state index in [0.29, 0.717) is 11.1 Å². The third-order valence-corrected chi connectivity index (χ3v) is 2.95. The van der Waals surface area contributed by atoms with Gasteiger partial charge in [0.05, 0.1) is 5.56 Å². The smallest absolute Gasteiger partial charge is 0.257 e. The van der Waals surface area contributed by atoms with Gasteiger partial charge in [0.1, 0.15) is 6.61 Å². The minimum Gasteiger partial charge on any atom is -0.384 e. The quantitative estimate of drug-likeness (QED) is 0.830. The van der Waals surface area contributed by atoms with Crippen molar-refractivity contribution in [3.05, 3.63) is 58.9 Å². The second-order valence-electron chi connectivity index (χ2n) is 4.69. The molecule has 0 bridgehead atoms. The number of aryl methyl sites for hydroxylation is 2. The number of anilines is 1. The van der Waals surface area contributed by atoms with Gasteiger partial charge in [0.25, 0.3) is 5.91 Å². The first-order valence-corrected chi connectivity index (χ1v) is 6.53. The van der Waals surface area contributed by atoms with E-state index in [1.165, 1.54) is 6.20 Å². The van der Waals surface area contributed by atoms with E-state index in [-0.39, 0.29) is 12.5 Å². The average Bonchev–Trinajstić information content (AvgIpc) is 2.49. The summed E-state index contributed by atoms with van der Waals surface area (Å²) in [6.07, 6.45) is 3.04. The largest absolute Gasteiger partial charge is 0.384 e. The van der Waals surface area contributed by atoms with Gasteiger partial charge in [-0.15, -0.1) is 0 Å². The van der Waals surface area contributed by atoms with E-state index in [1.54, 1.807) is 12.3 Å². The molecule has 21 heavy (non-hydrogen) atoms. The molecule has 106 valence electrons. The lowest BCUT2D eigenvalue weighted by Crippen LogP contribution is -2.13. The molecule has 4 nitrogen and oxygen atoms in total. The van der Waals surface area contributed by atoms with Crippen LogP contribution in [0.15, 0.2) is 36.7 Å². The number of pyridine rings is 1. The fourth-order valence-corrected chi connectivity index (χ4v) is 1.84. The third-order valence-electron chi connectivity index (χ3n) is 2.95. The number of aliphatic hydroxyl groups excluding tert-OH is 1. The van der Waals surface area contributed by atoms with Crippen molar-refractivity contribution in [3.8, 4) is 11.8 Å². The molecule has 0 fully saturated rings. The molecule has 1 heterocycles. The van der Waals surface area contributed by atoms with Crippen molar-refractivity contribution < 1.29 is 9.90 Å². The first-order chi connectivity index (χ1) is 10.1. The molecule has 0 aliphatic carbocycles. The molecule has 0 saturated heterocycles. The summed E-state index contributed by atoms with van der Waals surface area (Å²) in [6, 6.07) is 7.54. The van der Waals surface area contributed by atoms with Crippen molar-refractivity contribution in [2.24, 2.45) is 0 Å². The van der Waals surface area contributed by atoms with Crippen LogP contribution in [0.3, 0.4) is 0 Å². The lowest BCUT2D eigenvalue weighted by Gasteiger charge is -2.09. The Labute approximate surface area is 123 Å². The topological polar surface area (TPSA) is 62.2 Å². The summed E-state index contributed by atoms with van der Waals surface area (Å²) in [5.41, 5.74) is 3.89. The van der Waals surface area contributed by atoms with Crippen LogP contribution >= 0.6 is 0 Å². The summed E-state index contributed by atoms with van der Waals surface area (Å²) >= 11 is 0. The second kappa shape index (κ2) is 6.69. The second-order valence-corrected chi connectivity index (χ2v) is 4.69. The standard InChI is InChI=1S/C17H16N2O2/c1-12-5-6-13(2)16(8-12)19-17(21)15-9-14(4-3-7-20)10-18-11-15/h5-6,8-11,20H,7H2,1-2H3,(H,19,21). The fourth-order valence-electron chi connectivity index (χ4n) is 1.84. The zero-order valence-electron chi connectivity index (χ0n) is 12.0. The highest BCUT2D eigenvalue weighted by molar-refractivity contribution is 6.04. The molecule has 2 aromatic rings. The highest BCUT2D eigenvalue weighted by atomic mass is 16.2. The van der Waals surface area contributed by atoms with Crippen molar-refractivity contribution in [1.82, 2.24) is 4.98 Å². The Morgan fingerprint density at radius 2 is 2.10 bits per heavy atom. The molecular weight excluding hydrogens is 264 g/mol. The predicted octanol–water partition coefficient (Wildman–Crippen LogP) is 2.29. The van der Waals surface area contributed by atoms with Crippen LogP contribution in [0, 0.1) is 25.7 Å². The zero-order valence-corrected chi connectivity index (χ0v) is 12.0. The highest BCUT2D eigenvalue weighted by Crippen LogP contribution is 2.17. The van der Waals surface area contributed by atoms with Gasteiger partial charge < -0.3 is 10.4 Å². The monoisotopic (exact) mass is 280 g/mol. The summed E-state index contributed by atoms with van der Waals surface area (Å²) in [5.74, 6) is 5.03. The van der Waals surface area contributed by atoms with E-state index in [9.17, 15) is 4.79 Å². The lowest BCUT2D eigenvalue weighted by molar-refractivity contribution is 0.102. The van der Waals surface area contributed by atoms with Crippen LogP contribution in [0.1, 0.15) is 27.0 Å². The number of carbonyl (C=O) groups excluding carboxylic acids is 1. The van der Waals surface area contributed by atoms with Crippen LogP contribution in [0.4, 0.5) is 5.69 Å². The maximum Gasteiger partial charge on any atom is 0.257 e. The van der Waals surface area contributed by atoms with E-state index in [1.807, 2.05) is 32.0 Å². The van der Waals surface area contributed by atoms with E-state index in [4.69, 9.17) is 5.11 Å². The van der Waals surface area contributed by atoms with Crippen molar-refractivity contribution in [2.45, 2.75) is 13.8 Å². The molecule has 0 spiro atoms. The number of carbonyl (C=O) groups is 1. The summed E-state index contributed by atoms with van der Waals surface area (Å²) in [5, 5.41) is 11.6. The molecule has 0 radical (unpaired) electrons. The van der Waals surface area contributed by atoms with Gasteiger partial charge in [-0.2, -0.15) is 0 Å². The van der Waals surface area contributed by atoms with Gasteiger partial charge in [-0.05, 0) is 37.1 Å². The molecule has 0 aliphatic heterocycles. The number of rotatable bonds is 2. The number of aliphatic hydroxyl groups is 1. The average molecular weight is 280 g/mol. The number of benzene rings is 1. The molecule has 1 aromatic carbocycles. The van der Waals surface area contributed by atoms with E-state index in [2.05, 4.69) is 22.1 Å². The van der Waals surface area contributed by atoms with Gasteiger partial charge in [-0.25, -0.2) is 0 Å². The van der Waals surface area contributed by atoms with Gasteiger partial charge in [0.2, 0.25) is 0 Å². The Bertz CT molecular complexity index is 727. The summed E-state index contributed by atoms with van der Waals surface area (Å²) < 4.78 is 0. The first kappa shape index (κ1) is 14.8. The normalized spacial score (nSPS) is 9.67. The number of amides is 1. The van der Waals surface area contributed by atoms with Crippen LogP contribution in [0.5, 0.6) is 0 Å². The van der Waals surface area contributed by atoms with Crippen molar-refractivity contribution >= 4 is 11.6 Å². The Hall–Kier alpha value is -2.64. The molecule has 0 saturated carbocycles. The van der Waals surface area contributed by atoms with Crippen molar-refractivity contribution in [1.29, 1.82) is 0 Å². The Balaban J connectivity index is 2.22. The molecule has 0 unspecified atom stereocenters. The molecule has 1 aromatic heterocycles. The first-order valence-electron chi connectivity index (χ1n) is 6.53. The molecule has 2 rings (SSSR count). The minimum absolute atomic E-state index is 0.223. The third kappa shape index (κ3) is 3.91. The number of nitrogens with one attached hydrogen (secondary N) is 1. The summed E-state index contributed by atoms with van der Waals surface area (Å²) in [6.45, 7) is 3.69. The summed E-state index contributed by atoms with van der Waals surface area (Å²) in [7, 11) is 0. The molecule has 2 N–H and O–H groups in total.